The van der Waals surface area contributed by atoms with Gasteiger partial charge in [0.15, 0.2) is 0 Å². The molecular formula is C16H20BrNOS. The summed E-state index contributed by atoms with van der Waals surface area (Å²) in [6.45, 7) is 6.79. The Kier molecular flexibility index (Phi) is 6.07. The zero-order chi connectivity index (χ0) is 14.4. The van der Waals surface area contributed by atoms with Gasteiger partial charge < -0.3 is 10.1 Å². The molecule has 2 aromatic rings. The van der Waals surface area contributed by atoms with E-state index < -0.39 is 0 Å². The fourth-order valence-corrected chi connectivity index (χ4v) is 3.34. The van der Waals surface area contributed by atoms with Gasteiger partial charge in [0.2, 0.25) is 0 Å². The number of aryl methyl sites for hydroxylation is 1. The first-order valence-corrected chi connectivity index (χ1v) is 8.53. The number of hydrogen-bond acceptors (Lipinski definition) is 3. The third kappa shape index (κ3) is 4.33. The smallest absolute Gasteiger partial charge is 0.124 e. The molecule has 2 nitrogen and oxygen atoms in total. The SMILES string of the molecule is CCCNCc1cc(C)ccc1OCc1sccc1Br. The molecule has 0 spiro atoms. The van der Waals surface area contributed by atoms with Gasteiger partial charge in [0.25, 0.3) is 0 Å². The average Bonchev–Trinajstić information content (AvgIpc) is 2.84. The molecule has 2 rings (SSSR count). The lowest BCUT2D eigenvalue weighted by atomic mass is 10.1. The van der Waals surface area contributed by atoms with E-state index in [9.17, 15) is 0 Å². The molecule has 1 N–H and O–H groups in total. The lowest BCUT2D eigenvalue weighted by Crippen LogP contribution is -2.14. The molecule has 0 aliphatic heterocycles. The number of hydrogen-bond donors (Lipinski definition) is 1. The number of thiophene rings is 1. The first kappa shape index (κ1) is 15.5. The highest BCUT2D eigenvalue weighted by Crippen LogP contribution is 2.26. The van der Waals surface area contributed by atoms with Crippen molar-refractivity contribution >= 4 is 27.3 Å². The predicted octanol–water partition coefficient (Wildman–Crippen LogP) is 4.90. The lowest BCUT2D eigenvalue weighted by Gasteiger charge is -2.13. The van der Waals surface area contributed by atoms with Gasteiger partial charge in [-0.15, -0.1) is 11.3 Å². The third-order valence-corrected chi connectivity index (χ3v) is 4.91. The Hall–Kier alpha value is -0.840. The minimum Gasteiger partial charge on any atom is -0.488 e. The Morgan fingerprint density at radius 1 is 1.30 bits per heavy atom. The summed E-state index contributed by atoms with van der Waals surface area (Å²) < 4.78 is 7.11. The van der Waals surface area contributed by atoms with E-state index in [1.54, 1.807) is 11.3 Å². The van der Waals surface area contributed by atoms with Crippen LogP contribution in [-0.4, -0.2) is 6.54 Å². The first-order chi connectivity index (χ1) is 9.70. The molecular weight excluding hydrogens is 334 g/mol. The van der Waals surface area contributed by atoms with E-state index in [0.717, 1.165) is 29.7 Å². The van der Waals surface area contributed by atoms with Crippen LogP contribution in [-0.2, 0) is 13.2 Å². The molecule has 1 aromatic carbocycles. The maximum absolute atomic E-state index is 5.99. The monoisotopic (exact) mass is 353 g/mol. The highest BCUT2D eigenvalue weighted by Gasteiger charge is 2.07. The van der Waals surface area contributed by atoms with Gasteiger partial charge in [-0.3, -0.25) is 0 Å². The lowest BCUT2D eigenvalue weighted by molar-refractivity contribution is 0.305. The molecule has 1 aromatic heterocycles. The van der Waals surface area contributed by atoms with Gasteiger partial charge >= 0.3 is 0 Å². The van der Waals surface area contributed by atoms with Crippen LogP contribution in [0.4, 0.5) is 0 Å². The minimum absolute atomic E-state index is 0.613. The quantitative estimate of drug-likeness (QED) is 0.715. The van der Waals surface area contributed by atoms with Crippen molar-refractivity contribution in [2.45, 2.75) is 33.4 Å². The van der Waals surface area contributed by atoms with E-state index in [2.05, 4.69) is 64.7 Å². The van der Waals surface area contributed by atoms with Gasteiger partial charge in [0.1, 0.15) is 12.4 Å². The Bertz CT molecular complexity index is 553. The standard InChI is InChI=1S/C16H20BrNOS/c1-3-7-18-10-13-9-12(2)4-5-15(13)19-11-16-14(17)6-8-20-16/h4-6,8-9,18H,3,7,10-11H2,1-2H3. The number of benzene rings is 1. The summed E-state index contributed by atoms with van der Waals surface area (Å²) >= 11 is 5.25. The largest absolute Gasteiger partial charge is 0.488 e. The molecule has 108 valence electrons. The van der Waals surface area contributed by atoms with Crippen molar-refractivity contribution in [3.63, 3.8) is 0 Å². The molecule has 0 saturated heterocycles. The zero-order valence-electron chi connectivity index (χ0n) is 11.9. The number of ether oxygens (including phenoxy) is 1. The summed E-state index contributed by atoms with van der Waals surface area (Å²) in [7, 11) is 0. The summed E-state index contributed by atoms with van der Waals surface area (Å²) in [5, 5.41) is 5.51. The summed E-state index contributed by atoms with van der Waals surface area (Å²) in [6, 6.07) is 8.42. The molecule has 0 atom stereocenters. The second-order valence-electron chi connectivity index (χ2n) is 4.77. The maximum atomic E-state index is 5.99. The van der Waals surface area contributed by atoms with Gasteiger partial charge in [-0.05, 0) is 53.3 Å². The number of rotatable bonds is 7. The maximum Gasteiger partial charge on any atom is 0.124 e. The molecule has 0 bridgehead atoms. The molecule has 0 amide bonds. The second-order valence-corrected chi connectivity index (χ2v) is 6.62. The Labute approximate surface area is 133 Å². The fraction of sp³-hybridized carbons (Fsp3) is 0.375. The van der Waals surface area contributed by atoms with Gasteiger partial charge in [-0.1, -0.05) is 24.6 Å². The van der Waals surface area contributed by atoms with Crippen molar-refractivity contribution in [2.75, 3.05) is 6.54 Å². The van der Waals surface area contributed by atoms with Gasteiger partial charge in [0.05, 0.1) is 4.88 Å². The van der Waals surface area contributed by atoms with E-state index in [1.165, 1.54) is 16.0 Å². The predicted molar refractivity (Wildman–Crippen MR) is 89.5 cm³/mol. The molecule has 1 heterocycles. The fourth-order valence-electron chi connectivity index (χ4n) is 1.96. The number of nitrogens with one attached hydrogen (secondary N) is 1. The van der Waals surface area contributed by atoms with E-state index in [4.69, 9.17) is 4.74 Å². The highest BCUT2D eigenvalue weighted by atomic mass is 79.9. The van der Waals surface area contributed by atoms with Crippen LogP contribution in [0.3, 0.4) is 0 Å². The van der Waals surface area contributed by atoms with Crippen molar-refractivity contribution in [3.05, 3.63) is 50.1 Å². The van der Waals surface area contributed by atoms with Crippen LogP contribution in [0.5, 0.6) is 5.75 Å². The molecule has 0 fully saturated rings. The molecule has 0 aliphatic carbocycles. The van der Waals surface area contributed by atoms with Crippen LogP contribution >= 0.6 is 27.3 Å². The average molecular weight is 354 g/mol. The van der Waals surface area contributed by atoms with Crippen molar-refractivity contribution in [2.24, 2.45) is 0 Å². The summed E-state index contributed by atoms with van der Waals surface area (Å²) in [6.07, 6.45) is 1.14. The van der Waals surface area contributed by atoms with E-state index in [0.29, 0.717) is 6.61 Å². The number of halogens is 1. The van der Waals surface area contributed by atoms with E-state index in [-0.39, 0.29) is 0 Å². The van der Waals surface area contributed by atoms with Gasteiger partial charge in [0, 0.05) is 16.6 Å². The van der Waals surface area contributed by atoms with Crippen molar-refractivity contribution < 1.29 is 4.74 Å². The molecule has 0 radical (unpaired) electrons. The van der Waals surface area contributed by atoms with Crippen LogP contribution < -0.4 is 10.1 Å². The van der Waals surface area contributed by atoms with Gasteiger partial charge in [-0.2, -0.15) is 0 Å². The summed E-state index contributed by atoms with van der Waals surface area (Å²) in [5.74, 6) is 0.972. The molecule has 4 heteroatoms. The van der Waals surface area contributed by atoms with E-state index >= 15 is 0 Å². The van der Waals surface area contributed by atoms with Crippen LogP contribution in [0, 0.1) is 6.92 Å². The van der Waals surface area contributed by atoms with E-state index in [1.807, 2.05) is 0 Å². The Balaban J connectivity index is 2.04. The zero-order valence-corrected chi connectivity index (χ0v) is 14.3. The molecule has 0 saturated carbocycles. The molecule has 0 unspecified atom stereocenters. The van der Waals surface area contributed by atoms with Crippen LogP contribution in [0.25, 0.3) is 0 Å². The van der Waals surface area contributed by atoms with Crippen LogP contribution in [0.2, 0.25) is 0 Å². The Morgan fingerprint density at radius 3 is 2.85 bits per heavy atom. The highest BCUT2D eigenvalue weighted by molar-refractivity contribution is 9.10. The topological polar surface area (TPSA) is 21.3 Å². The molecule has 0 aliphatic rings. The summed E-state index contributed by atoms with van der Waals surface area (Å²) in [5.41, 5.74) is 2.49. The molecule has 20 heavy (non-hydrogen) atoms. The minimum atomic E-state index is 0.613. The van der Waals surface area contributed by atoms with Crippen LogP contribution in [0.1, 0.15) is 29.3 Å². The van der Waals surface area contributed by atoms with Crippen LogP contribution in [0.15, 0.2) is 34.1 Å². The second kappa shape index (κ2) is 7.81. The van der Waals surface area contributed by atoms with Crippen molar-refractivity contribution in [1.82, 2.24) is 5.32 Å². The summed E-state index contributed by atoms with van der Waals surface area (Å²) in [4.78, 5) is 1.22. The van der Waals surface area contributed by atoms with Crippen molar-refractivity contribution in [3.8, 4) is 5.75 Å². The van der Waals surface area contributed by atoms with Gasteiger partial charge in [-0.25, -0.2) is 0 Å². The Morgan fingerprint density at radius 2 is 2.15 bits per heavy atom. The first-order valence-electron chi connectivity index (χ1n) is 6.85. The third-order valence-electron chi connectivity index (χ3n) is 3.01. The van der Waals surface area contributed by atoms with Crippen molar-refractivity contribution in [1.29, 1.82) is 0 Å². The normalized spacial score (nSPS) is 10.8.